The van der Waals surface area contributed by atoms with Crippen molar-refractivity contribution in [3.05, 3.63) is 35.9 Å². The predicted molar refractivity (Wildman–Crippen MR) is 156 cm³/mol. The van der Waals surface area contributed by atoms with Crippen LogP contribution >= 0.6 is 0 Å². The molecule has 2 amide bonds. The molecule has 1 rings (SSSR count). The summed E-state index contributed by atoms with van der Waals surface area (Å²) in [5, 5.41) is 36.9. The zero-order chi connectivity index (χ0) is 30.6. The van der Waals surface area contributed by atoms with Gasteiger partial charge in [0.1, 0.15) is 0 Å². The second-order valence-corrected chi connectivity index (χ2v) is 9.34. The quantitative estimate of drug-likeness (QED) is 0.157. The third-order valence-electron chi connectivity index (χ3n) is 6.49. The van der Waals surface area contributed by atoms with E-state index in [-0.39, 0.29) is 11.5 Å². The number of benzene rings is 1. The van der Waals surface area contributed by atoms with Crippen molar-refractivity contribution in [2.24, 2.45) is 0 Å². The number of amides is 2. The van der Waals surface area contributed by atoms with Crippen molar-refractivity contribution in [2.75, 3.05) is 58.9 Å². The van der Waals surface area contributed by atoms with Crippen molar-refractivity contribution >= 4 is 23.9 Å². The fourth-order valence-corrected chi connectivity index (χ4v) is 3.92. The lowest BCUT2D eigenvalue weighted by Gasteiger charge is -2.27. The first-order valence-electron chi connectivity index (χ1n) is 13.8. The molecule has 13 heteroatoms. The van der Waals surface area contributed by atoms with E-state index in [0.29, 0.717) is 6.54 Å². The molecule has 0 heterocycles. The highest BCUT2D eigenvalue weighted by Crippen LogP contribution is 2.15. The molecular weight excluding hydrogens is 536 g/mol. The van der Waals surface area contributed by atoms with E-state index in [1.54, 1.807) is 0 Å². The highest BCUT2D eigenvalue weighted by molar-refractivity contribution is 5.88. The number of nitrogens with one attached hydrogen (secondary N) is 1. The van der Waals surface area contributed by atoms with Crippen LogP contribution in [0.4, 0.5) is 4.79 Å². The van der Waals surface area contributed by atoms with Gasteiger partial charge in [0.25, 0.3) is 0 Å². The van der Waals surface area contributed by atoms with Crippen molar-refractivity contribution in [3.63, 3.8) is 0 Å². The molecule has 0 atom stereocenters. The molecule has 0 radical (unpaired) electrons. The lowest BCUT2D eigenvalue weighted by atomic mass is 9.96. The van der Waals surface area contributed by atoms with Crippen LogP contribution in [0.5, 0.6) is 0 Å². The number of aliphatic carboxylic acids is 3. The van der Waals surface area contributed by atoms with E-state index in [0.717, 1.165) is 65.2 Å². The van der Waals surface area contributed by atoms with Crippen LogP contribution in [0.25, 0.3) is 0 Å². The van der Waals surface area contributed by atoms with E-state index in [2.05, 4.69) is 67.1 Å². The summed E-state index contributed by atoms with van der Waals surface area (Å²) >= 11 is 0. The van der Waals surface area contributed by atoms with Crippen LogP contribution in [0.2, 0.25) is 0 Å². The average molecular weight is 587 g/mol. The van der Waals surface area contributed by atoms with Crippen LogP contribution in [-0.2, 0) is 20.8 Å². The Labute approximate surface area is 243 Å². The molecule has 0 aliphatic carbocycles. The van der Waals surface area contributed by atoms with Crippen LogP contribution in [0.3, 0.4) is 0 Å². The summed E-state index contributed by atoms with van der Waals surface area (Å²) < 4.78 is 0. The molecule has 1 aromatic carbocycles. The van der Waals surface area contributed by atoms with Crippen molar-refractivity contribution in [1.82, 2.24) is 20.0 Å². The predicted octanol–water partition coefficient (Wildman–Crippen LogP) is 1.24. The summed E-state index contributed by atoms with van der Waals surface area (Å²) in [5.74, 6) is -5.02. The summed E-state index contributed by atoms with van der Waals surface area (Å²) in [6.07, 6.45) is -0.287. The second kappa shape index (κ2) is 22.4. The van der Waals surface area contributed by atoms with E-state index in [9.17, 15) is 19.2 Å². The standard InChI is InChI=1S/C22H40N4O.C6H8O7.H2O/c1-5-24(6-2)18-16-23-22(27)26(20-19-25(7-3)8-4)17-12-15-21-13-10-9-11-14-21;7-3(8)1-6(13,5(11)12)2-4(9)10;/h9-11,13-14H,5-8,12,15-20H2,1-4H3,(H,23,27);13H,1-2H2,(H,7,8)(H,9,10)(H,11,12);1H2. The fourth-order valence-electron chi connectivity index (χ4n) is 3.92. The van der Waals surface area contributed by atoms with Crippen LogP contribution in [0, 0.1) is 0 Å². The number of hydrogen-bond acceptors (Lipinski definition) is 7. The van der Waals surface area contributed by atoms with E-state index in [1.807, 2.05) is 11.0 Å². The number of carbonyl (C=O) groups excluding carboxylic acids is 1. The Kier molecular flexibility index (Phi) is 21.8. The fraction of sp³-hybridized carbons (Fsp3) is 0.643. The van der Waals surface area contributed by atoms with Crippen molar-refractivity contribution in [3.8, 4) is 0 Å². The van der Waals surface area contributed by atoms with Gasteiger partial charge in [0.15, 0.2) is 5.60 Å². The Balaban J connectivity index is 0. The highest BCUT2D eigenvalue weighted by Gasteiger charge is 2.40. The Bertz CT molecular complexity index is 863. The molecule has 0 spiro atoms. The smallest absolute Gasteiger partial charge is 0.336 e. The van der Waals surface area contributed by atoms with E-state index < -0.39 is 36.4 Å². The normalized spacial score (nSPS) is 10.8. The van der Waals surface area contributed by atoms with Gasteiger partial charge in [0, 0.05) is 32.7 Å². The minimum absolute atomic E-state index is 0. The number of aryl methyl sites for hydroxylation is 1. The van der Waals surface area contributed by atoms with Crippen LogP contribution in [0.15, 0.2) is 30.3 Å². The zero-order valence-electron chi connectivity index (χ0n) is 24.8. The van der Waals surface area contributed by atoms with Gasteiger partial charge in [-0.2, -0.15) is 0 Å². The Morgan fingerprint density at radius 2 is 1.24 bits per heavy atom. The van der Waals surface area contributed by atoms with Crippen molar-refractivity contribution in [1.29, 1.82) is 0 Å². The zero-order valence-corrected chi connectivity index (χ0v) is 24.8. The Morgan fingerprint density at radius 1 is 0.756 bits per heavy atom. The van der Waals surface area contributed by atoms with Gasteiger partial charge in [-0.3, -0.25) is 9.59 Å². The maximum absolute atomic E-state index is 12.7. The van der Waals surface area contributed by atoms with Gasteiger partial charge in [0.05, 0.1) is 12.8 Å². The Hall–Kier alpha value is -3.26. The molecule has 0 unspecified atom stereocenters. The lowest BCUT2D eigenvalue weighted by molar-refractivity contribution is -0.170. The first-order valence-corrected chi connectivity index (χ1v) is 13.8. The number of hydrogen-bond donors (Lipinski definition) is 5. The summed E-state index contributed by atoms with van der Waals surface area (Å²) in [6, 6.07) is 10.6. The average Bonchev–Trinajstić information content (AvgIpc) is 2.90. The minimum atomic E-state index is -2.74. The molecule has 13 nitrogen and oxygen atoms in total. The first kappa shape index (κ1) is 39.9. The molecule has 0 fully saturated rings. The third kappa shape index (κ3) is 17.9. The SMILES string of the molecule is CCN(CC)CCNC(=O)N(CCCc1ccccc1)CCN(CC)CC.O.O=C(O)CC(O)(CC(=O)O)C(=O)O. The molecule has 236 valence electrons. The van der Waals surface area contributed by atoms with Gasteiger partial charge in [-0.15, -0.1) is 0 Å². The van der Waals surface area contributed by atoms with E-state index >= 15 is 0 Å². The van der Waals surface area contributed by atoms with E-state index in [1.165, 1.54) is 5.56 Å². The number of aliphatic hydroxyl groups is 1. The number of carboxylic acids is 3. The molecule has 0 bridgehead atoms. The van der Waals surface area contributed by atoms with Crippen LogP contribution in [0.1, 0.15) is 52.5 Å². The minimum Gasteiger partial charge on any atom is -0.481 e. The molecule has 0 aliphatic heterocycles. The molecular formula is C28H50N4O9. The maximum Gasteiger partial charge on any atom is 0.336 e. The number of likely N-dealkylation sites (N-methyl/N-ethyl adjacent to an activating group) is 2. The van der Waals surface area contributed by atoms with Gasteiger partial charge in [-0.25, -0.2) is 9.59 Å². The number of urea groups is 1. The monoisotopic (exact) mass is 586 g/mol. The van der Waals surface area contributed by atoms with Crippen LogP contribution in [-0.4, -0.2) is 129 Å². The highest BCUT2D eigenvalue weighted by atomic mass is 16.4. The van der Waals surface area contributed by atoms with Gasteiger partial charge in [0.2, 0.25) is 0 Å². The lowest BCUT2D eigenvalue weighted by Crippen LogP contribution is -2.46. The summed E-state index contributed by atoms with van der Waals surface area (Å²) in [7, 11) is 0. The number of carboxylic acid groups (broad SMARTS) is 3. The maximum atomic E-state index is 12.7. The molecule has 41 heavy (non-hydrogen) atoms. The molecule has 0 aromatic heterocycles. The summed E-state index contributed by atoms with van der Waals surface area (Å²) in [6.45, 7) is 16.9. The van der Waals surface area contributed by atoms with E-state index in [4.69, 9.17) is 20.4 Å². The van der Waals surface area contributed by atoms with Crippen molar-refractivity contribution < 1.29 is 45.1 Å². The van der Waals surface area contributed by atoms with Gasteiger partial charge in [-0.1, -0.05) is 58.0 Å². The number of rotatable bonds is 19. The summed E-state index contributed by atoms with van der Waals surface area (Å²) in [4.78, 5) is 49.9. The Morgan fingerprint density at radius 3 is 1.68 bits per heavy atom. The largest absolute Gasteiger partial charge is 0.481 e. The second-order valence-electron chi connectivity index (χ2n) is 9.34. The first-order chi connectivity index (χ1) is 18.9. The summed E-state index contributed by atoms with van der Waals surface area (Å²) in [5.41, 5.74) is -1.40. The van der Waals surface area contributed by atoms with Crippen molar-refractivity contribution in [2.45, 2.75) is 59.0 Å². The number of carbonyl (C=O) groups is 4. The van der Waals surface area contributed by atoms with Gasteiger partial charge in [-0.05, 0) is 44.6 Å². The van der Waals surface area contributed by atoms with Gasteiger partial charge >= 0.3 is 23.9 Å². The molecule has 1 aromatic rings. The topological polar surface area (TPSA) is 202 Å². The third-order valence-corrected chi connectivity index (χ3v) is 6.49. The number of nitrogens with zero attached hydrogens (tertiary/aromatic N) is 3. The van der Waals surface area contributed by atoms with Crippen LogP contribution < -0.4 is 5.32 Å². The molecule has 0 saturated heterocycles. The van der Waals surface area contributed by atoms with Gasteiger partial charge < -0.3 is 45.9 Å². The molecule has 0 saturated carbocycles. The molecule has 7 N–H and O–H groups in total. The molecule has 0 aliphatic rings.